The van der Waals surface area contributed by atoms with Crippen LogP contribution in [0.5, 0.6) is 5.75 Å². The Morgan fingerprint density at radius 1 is 0.865 bits per heavy atom. The van der Waals surface area contributed by atoms with Gasteiger partial charge in [0.2, 0.25) is 11.8 Å². The molecule has 3 aromatic carbocycles. The molecule has 0 fully saturated rings. The number of amides is 2. The van der Waals surface area contributed by atoms with E-state index in [-0.39, 0.29) is 11.8 Å². The highest BCUT2D eigenvalue weighted by Gasteiger charge is 2.30. The zero-order valence-corrected chi connectivity index (χ0v) is 22.6. The minimum atomic E-state index is -0.604. The Balaban J connectivity index is 1.78. The Morgan fingerprint density at radius 3 is 2.24 bits per heavy atom. The number of hydrogen-bond donors (Lipinski definition) is 1. The Morgan fingerprint density at radius 2 is 1.57 bits per heavy atom. The first-order valence-electron chi connectivity index (χ1n) is 13.2. The maximum absolute atomic E-state index is 13.7. The number of carbonyl (C=O) groups is 2. The van der Waals surface area contributed by atoms with Gasteiger partial charge in [0, 0.05) is 25.9 Å². The predicted molar refractivity (Wildman–Crippen MR) is 149 cm³/mol. The molecule has 1 unspecified atom stereocenters. The van der Waals surface area contributed by atoms with Crippen LogP contribution < -0.4 is 10.1 Å². The first-order chi connectivity index (χ1) is 17.8. The lowest BCUT2D eigenvalue weighted by molar-refractivity contribution is -0.141. The lowest BCUT2D eigenvalue weighted by Crippen LogP contribution is -2.51. The second-order valence-electron chi connectivity index (χ2n) is 10.1. The number of nitrogens with zero attached hydrogens (tertiary/aromatic N) is 1. The van der Waals surface area contributed by atoms with E-state index >= 15 is 0 Å². The molecule has 5 heteroatoms. The van der Waals surface area contributed by atoms with E-state index in [0.717, 1.165) is 22.4 Å². The molecule has 196 valence electrons. The number of ether oxygens (including phenoxy) is 1. The molecule has 0 heterocycles. The second kappa shape index (κ2) is 14.2. The van der Waals surface area contributed by atoms with Crippen molar-refractivity contribution >= 4 is 11.8 Å². The molecule has 37 heavy (non-hydrogen) atoms. The van der Waals surface area contributed by atoms with E-state index in [0.29, 0.717) is 44.9 Å². The Kier molecular flexibility index (Phi) is 10.8. The molecule has 0 aliphatic rings. The van der Waals surface area contributed by atoms with Crippen molar-refractivity contribution < 1.29 is 14.3 Å². The van der Waals surface area contributed by atoms with Crippen molar-refractivity contribution in [3.63, 3.8) is 0 Å². The second-order valence-corrected chi connectivity index (χ2v) is 10.1. The lowest BCUT2D eigenvalue weighted by atomic mass is 10.0. The molecule has 0 bridgehead atoms. The summed E-state index contributed by atoms with van der Waals surface area (Å²) in [5, 5.41) is 3.07. The van der Waals surface area contributed by atoms with Gasteiger partial charge in [-0.05, 0) is 49.4 Å². The number of rotatable bonds is 13. The summed E-state index contributed by atoms with van der Waals surface area (Å²) in [6.45, 7) is 9.60. The van der Waals surface area contributed by atoms with Crippen LogP contribution in [0, 0.1) is 19.8 Å². The summed E-state index contributed by atoms with van der Waals surface area (Å²) in [5.74, 6) is 0.954. The molecular weight excluding hydrogens is 460 g/mol. The fraction of sp³-hybridized carbons (Fsp3) is 0.375. The molecule has 0 aromatic heterocycles. The minimum absolute atomic E-state index is 0.0466. The van der Waals surface area contributed by atoms with Crippen molar-refractivity contribution in [1.82, 2.24) is 10.2 Å². The zero-order chi connectivity index (χ0) is 26.6. The molecule has 1 atom stereocenters. The maximum Gasteiger partial charge on any atom is 0.243 e. The van der Waals surface area contributed by atoms with Crippen LogP contribution >= 0.6 is 0 Å². The highest BCUT2D eigenvalue weighted by molar-refractivity contribution is 5.88. The average molecular weight is 501 g/mol. The van der Waals surface area contributed by atoms with Crippen molar-refractivity contribution in [2.24, 2.45) is 5.92 Å². The summed E-state index contributed by atoms with van der Waals surface area (Å²) in [5.41, 5.74) is 4.34. The lowest BCUT2D eigenvalue weighted by Gasteiger charge is -2.32. The van der Waals surface area contributed by atoms with Crippen LogP contribution in [0.15, 0.2) is 78.9 Å². The fourth-order valence-corrected chi connectivity index (χ4v) is 4.18. The van der Waals surface area contributed by atoms with Gasteiger partial charge in [0.25, 0.3) is 0 Å². The van der Waals surface area contributed by atoms with Gasteiger partial charge in [-0.25, -0.2) is 0 Å². The molecule has 3 aromatic rings. The number of carbonyl (C=O) groups excluding carboxylic acids is 2. The largest absolute Gasteiger partial charge is 0.494 e. The summed E-state index contributed by atoms with van der Waals surface area (Å²) in [4.78, 5) is 28.9. The van der Waals surface area contributed by atoms with Crippen LogP contribution in [-0.4, -0.2) is 35.9 Å². The van der Waals surface area contributed by atoms with Gasteiger partial charge >= 0.3 is 0 Å². The first-order valence-corrected chi connectivity index (χ1v) is 13.2. The van der Waals surface area contributed by atoms with Gasteiger partial charge in [-0.2, -0.15) is 0 Å². The van der Waals surface area contributed by atoms with Gasteiger partial charge in [0.05, 0.1) is 6.61 Å². The number of benzene rings is 3. The number of hydrogen-bond acceptors (Lipinski definition) is 3. The van der Waals surface area contributed by atoms with E-state index < -0.39 is 6.04 Å². The van der Waals surface area contributed by atoms with Gasteiger partial charge in [0.15, 0.2) is 0 Å². The van der Waals surface area contributed by atoms with Crippen LogP contribution in [0.25, 0.3) is 0 Å². The molecule has 5 nitrogen and oxygen atoms in total. The molecule has 0 aliphatic heterocycles. The Hall–Kier alpha value is -3.60. The summed E-state index contributed by atoms with van der Waals surface area (Å²) in [6, 6.07) is 25.3. The van der Waals surface area contributed by atoms with Crippen molar-refractivity contribution in [3.05, 3.63) is 101 Å². The third-order valence-corrected chi connectivity index (χ3v) is 6.22. The van der Waals surface area contributed by atoms with Crippen LogP contribution in [0.1, 0.15) is 48.9 Å². The third-order valence-electron chi connectivity index (χ3n) is 6.22. The quantitative estimate of drug-likeness (QED) is 0.298. The highest BCUT2D eigenvalue weighted by atomic mass is 16.5. The monoisotopic (exact) mass is 500 g/mol. The number of nitrogens with one attached hydrogen (secondary N) is 1. The third kappa shape index (κ3) is 9.41. The predicted octanol–water partition coefficient (Wildman–Crippen LogP) is 5.87. The van der Waals surface area contributed by atoms with Crippen molar-refractivity contribution in [1.29, 1.82) is 0 Å². The minimum Gasteiger partial charge on any atom is -0.494 e. The van der Waals surface area contributed by atoms with E-state index in [4.69, 9.17) is 4.74 Å². The van der Waals surface area contributed by atoms with Gasteiger partial charge in [0.1, 0.15) is 11.8 Å². The highest BCUT2D eigenvalue weighted by Crippen LogP contribution is 2.18. The van der Waals surface area contributed by atoms with Gasteiger partial charge in [-0.1, -0.05) is 91.7 Å². The first kappa shape index (κ1) is 28.0. The van der Waals surface area contributed by atoms with Crippen LogP contribution in [0.2, 0.25) is 0 Å². The van der Waals surface area contributed by atoms with Crippen molar-refractivity contribution in [3.8, 4) is 5.75 Å². The maximum atomic E-state index is 13.7. The molecular formula is C32H40N2O3. The van der Waals surface area contributed by atoms with E-state index in [2.05, 4.69) is 25.2 Å². The van der Waals surface area contributed by atoms with Gasteiger partial charge in [-0.15, -0.1) is 0 Å². The smallest absolute Gasteiger partial charge is 0.243 e. The topological polar surface area (TPSA) is 58.6 Å². The molecule has 0 spiro atoms. The average Bonchev–Trinajstić information content (AvgIpc) is 2.88. The summed E-state index contributed by atoms with van der Waals surface area (Å²) < 4.78 is 5.84. The molecule has 0 saturated heterocycles. The molecule has 3 rings (SSSR count). The normalized spacial score (nSPS) is 11.7. The summed E-state index contributed by atoms with van der Waals surface area (Å²) in [6.07, 6.45) is 1.34. The van der Waals surface area contributed by atoms with Gasteiger partial charge < -0.3 is 15.0 Å². The van der Waals surface area contributed by atoms with E-state index in [1.165, 1.54) is 5.56 Å². The Bertz CT molecular complexity index is 1130. The van der Waals surface area contributed by atoms with E-state index in [1.54, 1.807) is 4.90 Å². The standard InChI is InChI=1S/C32H40N2O3/c1-24(2)22-33-32(36)30(21-27-11-6-5-7-12-27)34(23-28-13-8-10-26(4)20-28)31(35)14-9-19-37-29-17-15-25(3)16-18-29/h5-8,10-13,15-18,20,24,30H,9,14,19,21-23H2,1-4H3,(H,33,36). The number of aryl methyl sites for hydroxylation is 2. The summed E-state index contributed by atoms with van der Waals surface area (Å²) in [7, 11) is 0. The Labute approximate surface area is 221 Å². The van der Waals surface area contributed by atoms with Crippen molar-refractivity contribution in [2.75, 3.05) is 13.2 Å². The molecule has 0 radical (unpaired) electrons. The molecule has 0 saturated carbocycles. The molecule has 0 aliphatic carbocycles. The molecule has 1 N–H and O–H groups in total. The van der Waals surface area contributed by atoms with Gasteiger partial charge in [-0.3, -0.25) is 9.59 Å². The van der Waals surface area contributed by atoms with E-state index in [9.17, 15) is 9.59 Å². The van der Waals surface area contributed by atoms with Crippen LogP contribution in [-0.2, 0) is 22.6 Å². The molecule has 2 amide bonds. The zero-order valence-electron chi connectivity index (χ0n) is 22.6. The fourth-order valence-electron chi connectivity index (χ4n) is 4.18. The van der Waals surface area contributed by atoms with E-state index in [1.807, 2.05) is 86.6 Å². The van der Waals surface area contributed by atoms with Crippen LogP contribution in [0.4, 0.5) is 0 Å². The van der Waals surface area contributed by atoms with Crippen molar-refractivity contribution in [2.45, 2.75) is 59.5 Å². The SMILES string of the molecule is Cc1ccc(OCCCC(=O)N(Cc2cccc(C)c2)C(Cc2ccccc2)C(=O)NCC(C)C)cc1. The van der Waals surface area contributed by atoms with Crippen LogP contribution in [0.3, 0.4) is 0 Å². The summed E-state index contributed by atoms with van der Waals surface area (Å²) >= 11 is 0.